The van der Waals surface area contributed by atoms with Crippen LogP contribution in [0.1, 0.15) is 5.56 Å². The first-order chi connectivity index (χ1) is 7.75. The number of aryl methyl sites for hydroxylation is 1. The molecule has 0 aliphatic carbocycles. The normalized spacial score (nSPS) is 11.1. The van der Waals surface area contributed by atoms with E-state index in [1.165, 1.54) is 16.3 Å². The predicted octanol–water partition coefficient (Wildman–Crippen LogP) is 3.28. The molecular weight excluding hydrogens is 196 g/mol. The van der Waals surface area contributed by atoms with Gasteiger partial charge in [0, 0.05) is 10.8 Å². The average molecular weight is 208 g/mol. The highest BCUT2D eigenvalue weighted by atomic mass is 14.8. The number of benzene rings is 2. The van der Waals surface area contributed by atoms with Gasteiger partial charge in [-0.2, -0.15) is 0 Å². The van der Waals surface area contributed by atoms with Crippen molar-refractivity contribution in [3.05, 3.63) is 48.0 Å². The van der Waals surface area contributed by atoms with E-state index in [4.69, 9.17) is 5.73 Å². The van der Waals surface area contributed by atoms with Gasteiger partial charge in [-0.3, -0.25) is 0 Å². The van der Waals surface area contributed by atoms with Crippen LogP contribution in [-0.4, -0.2) is 4.98 Å². The van der Waals surface area contributed by atoms with E-state index in [0.717, 1.165) is 10.9 Å². The summed E-state index contributed by atoms with van der Waals surface area (Å²) in [6.45, 7) is 2.09. The molecule has 0 amide bonds. The van der Waals surface area contributed by atoms with Crippen molar-refractivity contribution in [3.63, 3.8) is 0 Å². The third-order valence-electron chi connectivity index (χ3n) is 2.89. The van der Waals surface area contributed by atoms with Gasteiger partial charge >= 0.3 is 0 Å². The molecule has 3 aromatic rings. The fourth-order valence-corrected chi connectivity index (χ4v) is 2.09. The standard InChI is InChI=1S/C14H12N2/c1-9-6-7-13-12(8-9)10-4-2-3-5-11(10)14(15)16-13/h2-8H,1H3,(H2,15,16). The molecule has 2 heteroatoms. The number of rotatable bonds is 0. The molecule has 1 heterocycles. The monoisotopic (exact) mass is 208 g/mol. The van der Waals surface area contributed by atoms with Crippen LogP contribution >= 0.6 is 0 Å². The number of nitrogens with two attached hydrogens (primary N) is 1. The minimum absolute atomic E-state index is 0.604. The maximum atomic E-state index is 5.95. The molecule has 2 N–H and O–H groups in total. The molecular formula is C14H12N2. The van der Waals surface area contributed by atoms with Crippen LogP contribution in [-0.2, 0) is 0 Å². The molecule has 0 unspecified atom stereocenters. The molecule has 16 heavy (non-hydrogen) atoms. The van der Waals surface area contributed by atoms with Crippen LogP contribution in [0.4, 0.5) is 5.82 Å². The third-order valence-corrected chi connectivity index (χ3v) is 2.89. The molecule has 0 aliphatic heterocycles. The van der Waals surface area contributed by atoms with E-state index >= 15 is 0 Å². The molecule has 0 spiro atoms. The van der Waals surface area contributed by atoms with Crippen LogP contribution in [0.15, 0.2) is 42.5 Å². The molecule has 2 nitrogen and oxygen atoms in total. The first-order valence-electron chi connectivity index (χ1n) is 5.30. The van der Waals surface area contributed by atoms with Gasteiger partial charge in [0.2, 0.25) is 0 Å². The van der Waals surface area contributed by atoms with Crippen LogP contribution in [0.3, 0.4) is 0 Å². The predicted molar refractivity (Wildman–Crippen MR) is 68.4 cm³/mol. The zero-order valence-electron chi connectivity index (χ0n) is 9.07. The molecule has 0 radical (unpaired) electrons. The molecule has 1 aromatic heterocycles. The summed E-state index contributed by atoms with van der Waals surface area (Å²) in [5.41, 5.74) is 8.15. The van der Waals surface area contributed by atoms with Gasteiger partial charge in [0.25, 0.3) is 0 Å². The quantitative estimate of drug-likeness (QED) is 0.576. The van der Waals surface area contributed by atoms with Crippen LogP contribution in [0, 0.1) is 6.92 Å². The number of anilines is 1. The SMILES string of the molecule is Cc1ccc2nc(N)c3ccccc3c2c1. The fraction of sp³-hybridized carbons (Fsp3) is 0.0714. The van der Waals surface area contributed by atoms with Gasteiger partial charge in [-0.25, -0.2) is 4.98 Å². The van der Waals surface area contributed by atoms with Crippen molar-refractivity contribution in [1.29, 1.82) is 0 Å². The Kier molecular flexibility index (Phi) is 1.83. The lowest BCUT2D eigenvalue weighted by Gasteiger charge is -2.06. The number of hydrogen-bond donors (Lipinski definition) is 1. The van der Waals surface area contributed by atoms with E-state index in [-0.39, 0.29) is 0 Å². The number of nitrogens with zero attached hydrogens (tertiary/aromatic N) is 1. The summed E-state index contributed by atoms with van der Waals surface area (Å²) in [4.78, 5) is 4.42. The Bertz CT molecular complexity index is 687. The fourth-order valence-electron chi connectivity index (χ4n) is 2.09. The maximum Gasteiger partial charge on any atom is 0.131 e. The number of aromatic nitrogens is 1. The highest BCUT2D eigenvalue weighted by Gasteiger charge is 2.04. The molecule has 0 saturated heterocycles. The van der Waals surface area contributed by atoms with Crippen LogP contribution < -0.4 is 5.73 Å². The largest absolute Gasteiger partial charge is 0.383 e. The summed E-state index contributed by atoms with van der Waals surface area (Å²) in [5.74, 6) is 0.604. The van der Waals surface area contributed by atoms with Gasteiger partial charge in [0.15, 0.2) is 0 Å². The second-order valence-electron chi connectivity index (χ2n) is 4.06. The second kappa shape index (κ2) is 3.20. The van der Waals surface area contributed by atoms with Gasteiger partial charge in [0.05, 0.1) is 5.52 Å². The minimum atomic E-state index is 0.604. The molecule has 0 bridgehead atoms. The van der Waals surface area contributed by atoms with Crippen LogP contribution in [0.25, 0.3) is 21.7 Å². The van der Waals surface area contributed by atoms with Crippen molar-refractivity contribution in [2.75, 3.05) is 5.73 Å². The first-order valence-corrected chi connectivity index (χ1v) is 5.30. The third kappa shape index (κ3) is 1.23. The molecule has 0 aliphatic rings. The number of nitrogen functional groups attached to an aromatic ring is 1. The van der Waals surface area contributed by atoms with Crippen molar-refractivity contribution in [2.45, 2.75) is 6.92 Å². The second-order valence-corrected chi connectivity index (χ2v) is 4.06. The van der Waals surface area contributed by atoms with E-state index in [0.29, 0.717) is 5.82 Å². The Morgan fingerprint density at radius 1 is 0.938 bits per heavy atom. The lowest BCUT2D eigenvalue weighted by molar-refractivity contribution is 1.42. The molecule has 78 valence electrons. The van der Waals surface area contributed by atoms with Crippen LogP contribution in [0.5, 0.6) is 0 Å². The summed E-state index contributed by atoms with van der Waals surface area (Å²) in [7, 11) is 0. The number of fused-ring (bicyclic) bond motifs is 3. The highest BCUT2D eigenvalue weighted by Crippen LogP contribution is 2.27. The van der Waals surface area contributed by atoms with Gasteiger partial charge in [-0.05, 0) is 24.4 Å². The molecule has 0 saturated carbocycles. The van der Waals surface area contributed by atoms with E-state index in [2.05, 4.69) is 30.1 Å². The summed E-state index contributed by atoms with van der Waals surface area (Å²) in [5, 5.41) is 3.37. The zero-order valence-corrected chi connectivity index (χ0v) is 9.07. The van der Waals surface area contributed by atoms with E-state index in [9.17, 15) is 0 Å². The Hall–Kier alpha value is -2.09. The Labute approximate surface area is 93.7 Å². The first kappa shape index (κ1) is 9.16. The number of pyridine rings is 1. The zero-order chi connectivity index (χ0) is 11.1. The summed E-state index contributed by atoms with van der Waals surface area (Å²) in [6, 6.07) is 14.4. The summed E-state index contributed by atoms with van der Waals surface area (Å²) >= 11 is 0. The topological polar surface area (TPSA) is 38.9 Å². The van der Waals surface area contributed by atoms with Gasteiger partial charge < -0.3 is 5.73 Å². The minimum Gasteiger partial charge on any atom is -0.383 e. The van der Waals surface area contributed by atoms with Crippen molar-refractivity contribution < 1.29 is 0 Å². The average Bonchev–Trinajstić information content (AvgIpc) is 2.31. The Balaban J connectivity index is 2.61. The van der Waals surface area contributed by atoms with E-state index in [1.54, 1.807) is 0 Å². The molecule has 2 aromatic carbocycles. The van der Waals surface area contributed by atoms with Crippen molar-refractivity contribution in [2.24, 2.45) is 0 Å². The van der Waals surface area contributed by atoms with Crippen molar-refractivity contribution in [1.82, 2.24) is 4.98 Å². The van der Waals surface area contributed by atoms with E-state index < -0.39 is 0 Å². The lowest BCUT2D eigenvalue weighted by atomic mass is 10.0. The van der Waals surface area contributed by atoms with Gasteiger partial charge in [-0.15, -0.1) is 0 Å². The summed E-state index contributed by atoms with van der Waals surface area (Å²) in [6.07, 6.45) is 0. The Morgan fingerprint density at radius 2 is 1.69 bits per heavy atom. The highest BCUT2D eigenvalue weighted by molar-refractivity contribution is 6.09. The smallest absolute Gasteiger partial charge is 0.131 e. The van der Waals surface area contributed by atoms with Crippen molar-refractivity contribution in [3.8, 4) is 0 Å². The van der Waals surface area contributed by atoms with Crippen molar-refractivity contribution >= 4 is 27.5 Å². The van der Waals surface area contributed by atoms with Gasteiger partial charge in [-0.1, -0.05) is 35.9 Å². The number of hydrogen-bond acceptors (Lipinski definition) is 2. The molecule has 0 fully saturated rings. The molecule has 0 atom stereocenters. The van der Waals surface area contributed by atoms with E-state index in [1.807, 2.05) is 24.3 Å². The Morgan fingerprint density at radius 3 is 2.50 bits per heavy atom. The summed E-state index contributed by atoms with van der Waals surface area (Å²) < 4.78 is 0. The molecule has 3 rings (SSSR count). The van der Waals surface area contributed by atoms with Crippen LogP contribution in [0.2, 0.25) is 0 Å². The lowest BCUT2D eigenvalue weighted by Crippen LogP contribution is -1.93. The maximum absolute atomic E-state index is 5.95. The van der Waals surface area contributed by atoms with Gasteiger partial charge in [0.1, 0.15) is 5.82 Å².